The Morgan fingerprint density at radius 2 is 1.69 bits per heavy atom. The van der Waals surface area contributed by atoms with Crippen molar-refractivity contribution in [3.8, 4) is 0 Å². The maximum absolute atomic E-state index is 12.9. The van der Waals surface area contributed by atoms with Crippen LogP contribution in [0.25, 0.3) is 0 Å². The summed E-state index contributed by atoms with van der Waals surface area (Å²) in [6.45, 7) is 7.04. The molecule has 1 saturated heterocycles. The molecule has 2 aliphatic rings. The zero-order chi connectivity index (χ0) is 17.9. The highest BCUT2D eigenvalue weighted by atomic mass is 32.2. The Bertz CT molecular complexity index is 759. The molecule has 0 saturated carbocycles. The number of anilines is 2. The topological polar surface area (TPSA) is 26.8 Å². The molecular formula is C21H25N3OS. The minimum absolute atomic E-state index is 0.242. The predicted octanol–water partition coefficient (Wildman–Crippen LogP) is 3.34. The van der Waals surface area contributed by atoms with Gasteiger partial charge >= 0.3 is 0 Å². The fourth-order valence-electron chi connectivity index (χ4n) is 3.75. The number of hydrogen-bond donors (Lipinski definition) is 0. The summed E-state index contributed by atoms with van der Waals surface area (Å²) in [5.74, 6) is 0.242. The molecule has 5 heteroatoms. The van der Waals surface area contributed by atoms with E-state index in [0.717, 1.165) is 32.7 Å². The van der Waals surface area contributed by atoms with Crippen LogP contribution in [0.15, 0.2) is 59.5 Å². The number of nitrogens with zero attached hydrogens (tertiary/aromatic N) is 3. The Morgan fingerprint density at radius 3 is 2.46 bits per heavy atom. The van der Waals surface area contributed by atoms with Gasteiger partial charge in [0.15, 0.2) is 0 Å². The Balaban J connectivity index is 1.38. The van der Waals surface area contributed by atoms with Crippen molar-refractivity contribution in [3.63, 3.8) is 0 Å². The molecule has 0 aromatic heterocycles. The van der Waals surface area contributed by atoms with Crippen LogP contribution < -0.4 is 9.80 Å². The molecule has 2 aromatic carbocycles. The number of piperazine rings is 1. The molecule has 0 unspecified atom stereocenters. The number of rotatable bonds is 3. The van der Waals surface area contributed by atoms with Gasteiger partial charge in [0, 0.05) is 48.6 Å². The number of amides is 1. The normalized spacial score (nSPS) is 20.0. The summed E-state index contributed by atoms with van der Waals surface area (Å²) in [6, 6.07) is 18.9. The van der Waals surface area contributed by atoms with E-state index >= 15 is 0 Å². The fourth-order valence-corrected chi connectivity index (χ4v) is 4.91. The van der Waals surface area contributed by atoms with Crippen molar-refractivity contribution in [2.24, 2.45) is 0 Å². The average molecular weight is 368 g/mol. The highest BCUT2D eigenvalue weighted by Gasteiger charge is 2.27. The molecule has 0 radical (unpaired) electrons. The van der Waals surface area contributed by atoms with Gasteiger partial charge in [0.25, 0.3) is 0 Å². The molecule has 0 aliphatic carbocycles. The van der Waals surface area contributed by atoms with Crippen LogP contribution in [-0.2, 0) is 4.79 Å². The molecule has 1 atom stereocenters. The minimum Gasteiger partial charge on any atom is -0.368 e. The van der Waals surface area contributed by atoms with Crippen molar-refractivity contribution in [1.29, 1.82) is 0 Å². The van der Waals surface area contributed by atoms with E-state index in [-0.39, 0.29) is 5.91 Å². The second-order valence-electron chi connectivity index (χ2n) is 6.98. The van der Waals surface area contributed by atoms with Gasteiger partial charge in [0.2, 0.25) is 5.91 Å². The third-order valence-corrected chi connectivity index (χ3v) is 6.24. The lowest BCUT2D eigenvalue weighted by molar-refractivity contribution is -0.130. The molecule has 0 N–H and O–H groups in total. The smallest absolute Gasteiger partial charge is 0.242 e. The number of hydrogen-bond acceptors (Lipinski definition) is 4. The molecule has 26 heavy (non-hydrogen) atoms. The van der Waals surface area contributed by atoms with Crippen molar-refractivity contribution in [2.75, 3.05) is 49.1 Å². The number of fused-ring (bicyclic) bond motifs is 1. The standard InChI is InChI=1S/C21H25N3OS/c1-17-15-24(19-9-5-6-10-20(19)26-17)16-21(25)23-13-11-22(12-14-23)18-7-3-2-4-8-18/h2-10,17H,11-16H2,1H3/t17-/m1/s1. The van der Waals surface area contributed by atoms with Crippen LogP contribution in [-0.4, -0.2) is 55.3 Å². The van der Waals surface area contributed by atoms with Gasteiger partial charge < -0.3 is 14.7 Å². The van der Waals surface area contributed by atoms with Gasteiger partial charge in [0.05, 0.1) is 12.2 Å². The lowest BCUT2D eigenvalue weighted by Gasteiger charge is -2.39. The molecular weight excluding hydrogens is 342 g/mol. The fraction of sp³-hybridized carbons (Fsp3) is 0.381. The van der Waals surface area contributed by atoms with Gasteiger partial charge in [-0.3, -0.25) is 4.79 Å². The number of carbonyl (C=O) groups excluding carboxylic acids is 1. The van der Waals surface area contributed by atoms with Crippen molar-refractivity contribution in [1.82, 2.24) is 4.90 Å². The first-order valence-electron chi connectivity index (χ1n) is 9.29. The Hall–Kier alpha value is -2.14. The van der Waals surface area contributed by atoms with Crippen LogP contribution >= 0.6 is 11.8 Å². The number of para-hydroxylation sites is 2. The summed E-state index contributed by atoms with van der Waals surface area (Å²) < 4.78 is 0. The highest BCUT2D eigenvalue weighted by Crippen LogP contribution is 2.37. The van der Waals surface area contributed by atoms with E-state index in [9.17, 15) is 4.79 Å². The van der Waals surface area contributed by atoms with Gasteiger partial charge in [-0.1, -0.05) is 37.3 Å². The molecule has 2 heterocycles. The van der Waals surface area contributed by atoms with Gasteiger partial charge in [-0.05, 0) is 24.3 Å². The molecule has 4 rings (SSSR count). The monoisotopic (exact) mass is 367 g/mol. The first-order valence-corrected chi connectivity index (χ1v) is 10.2. The number of carbonyl (C=O) groups is 1. The van der Waals surface area contributed by atoms with E-state index in [1.165, 1.54) is 16.3 Å². The average Bonchev–Trinajstić information content (AvgIpc) is 2.68. The first kappa shape index (κ1) is 17.3. The SMILES string of the molecule is C[C@@H]1CN(CC(=O)N2CCN(c3ccccc3)CC2)c2ccccc2S1. The molecule has 136 valence electrons. The summed E-state index contributed by atoms with van der Waals surface area (Å²) >= 11 is 1.90. The molecule has 4 nitrogen and oxygen atoms in total. The third-order valence-electron chi connectivity index (χ3n) is 5.09. The van der Waals surface area contributed by atoms with Crippen LogP contribution in [0.4, 0.5) is 11.4 Å². The Kier molecular flexibility index (Phi) is 5.07. The summed E-state index contributed by atoms with van der Waals surface area (Å²) in [5.41, 5.74) is 2.45. The van der Waals surface area contributed by atoms with E-state index in [1.807, 2.05) is 22.7 Å². The Morgan fingerprint density at radius 1 is 1.00 bits per heavy atom. The maximum Gasteiger partial charge on any atom is 0.242 e. The predicted molar refractivity (Wildman–Crippen MR) is 109 cm³/mol. The van der Waals surface area contributed by atoms with Crippen molar-refractivity contribution >= 4 is 29.0 Å². The molecule has 2 aromatic rings. The molecule has 0 spiro atoms. The maximum atomic E-state index is 12.9. The lowest BCUT2D eigenvalue weighted by Crippen LogP contribution is -2.52. The van der Waals surface area contributed by atoms with Gasteiger partial charge in [-0.2, -0.15) is 0 Å². The van der Waals surface area contributed by atoms with Crippen molar-refractivity contribution < 1.29 is 4.79 Å². The second kappa shape index (κ2) is 7.62. The largest absolute Gasteiger partial charge is 0.368 e. The molecule has 0 bridgehead atoms. The van der Waals surface area contributed by atoms with Crippen LogP contribution in [0, 0.1) is 0 Å². The number of thioether (sulfide) groups is 1. The second-order valence-corrected chi connectivity index (χ2v) is 8.46. The summed E-state index contributed by atoms with van der Waals surface area (Å²) in [6.07, 6.45) is 0. The van der Waals surface area contributed by atoms with E-state index in [0.29, 0.717) is 11.8 Å². The zero-order valence-electron chi connectivity index (χ0n) is 15.2. The van der Waals surface area contributed by atoms with E-state index < -0.39 is 0 Å². The lowest BCUT2D eigenvalue weighted by atomic mass is 10.2. The molecule has 1 fully saturated rings. The van der Waals surface area contributed by atoms with E-state index in [1.54, 1.807) is 0 Å². The first-order chi connectivity index (χ1) is 12.7. The highest BCUT2D eigenvalue weighted by molar-refractivity contribution is 8.00. The van der Waals surface area contributed by atoms with E-state index in [2.05, 4.69) is 65.3 Å². The quantitative estimate of drug-likeness (QED) is 0.831. The van der Waals surface area contributed by atoms with Gasteiger partial charge in [-0.25, -0.2) is 0 Å². The van der Waals surface area contributed by atoms with Crippen LogP contribution in [0.1, 0.15) is 6.92 Å². The van der Waals surface area contributed by atoms with Crippen LogP contribution in [0.5, 0.6) is 0 Å². The molecule has 1 amide bonds. The molecule has 2 aliphatic heterocycles. The summed E-state index contributed by atoms with van der Waals surface area (Å²) in [4.78, 5) is 20.8. The van der Waals surface area contributed by atoms with Crippen molar-refractivity contribution in [2.45, 2.75) is 17.1 Å². The minimum atomic E-state index is 0.242. The third kappa shape index (κ3) is 3.68. The van der Waals surface area contributed by atoms with Gasteiger partial charge in [-0.15, -0.1) is 11.8 Å². The zero-order valence-corrected chi connectivity index (χ0v) is 16.0. The van der Waals surface area contributed by atoms with Crippen LogP contribution in [0.2, 0.25) is 0 Å². The van der Waals surface area contributed by atoms with Crippen molar-refractivity contribution in [3.05, 3.63) is 54.6 Å². The summed E-state index contributed by atoms with van der Waals surface area (Å²) in [7, 11) is 0. The van der Waals surface area contributed by atoms with Crippen LogP contribution in [0.3, 0.4) is 0 Å². The Labute approximate surface area is 159 Å². The van der Waals surface area contributed by atoms with Gasteiger partial charge in [0.1, 0.15) is 0 Å². The summed E-state index contributed by atoms with van der Waals surface area (Å²) in [5, 5.41) is 0.507. The number of benzene rings is 2. The van der Waals surface area contributed by atoms with E-state index in [4.69, 9.17) is 0 Å².